The predicted octanol–water partition coefficient (Wildman–Crippen LogP) is 0.751. The summed E-state index contributed by atoms with van der Waals surface area (Å²) in [5.41, 5.74) is 0. The van der Waals surface area contributed by atoms with Gasteiger partial charge >= 0.3 is 0 Å². The van der Waals surface area contributed by atoms with E-state index >= 15 is 0 Å². The smallest absolute Gasteiger partial charge is 0.243 e. The second-order valence-electron chi connectivity index (χ2n) is 5.33. The van der Waals surface area contributed by atoms with E-state index in [1.165, 1.54) is 13.0 Å². The highest BCUT2D eigenvalue weighted by Gasteiger charge is 2.36. The number of amides is 2. The van der Waals surface area contributed by atoms with Gasteiger partial charge in [-0.25, -0.2) is 0 Å². The average molecular weight is 266 g/mol. The first-order valence-electron chi connectivity index (χ1n) is 6.56. The molecule has 0 aromatic carbocycles. The van der Waals surface area contributed by atoms with Crippen molar-refractivity contribution in [2.45, 2.75) is 33.2 Å². The van der Waals surface area contributed by atoms with Crippen molar-refractivity contribution >= 4 is 17.6 Å². The molecule has 106 valence electrons. The summed E-state index contributed by atoms with van der Waals surface area (Å²) in [6.07, 6.45) is 1.60. The van der Waals surface area contributed by atoms with Gasteiger partial charge in [-0.05, 0) is 6.08 Å². The van der Waals surface area contributed by atoms with Gasteiger partial charge in [0.1, 0.15) is 5.78 Å². The van der Waals surface area contributed by atoms with Crippen LogP contribution in [0.2, 0.25) is 0 Å². The summed E-state index contributed by atoms with van der Waals surface area (Å²) in [5.74, 6) is -0.173. The average Bonchev–Trinajstić information content (AvgIpc) is 2.72. The van der Waals surface area contributed by atoms with Crippen LogP contribution in [0.3, 0.4) is 0 Å². The molecule has 19 heavy (non-hydrogen) atoms. The monoisotopic (exact) mass is 266 g/mol. The standard InChI is InChI=1S/C14H22N2O3/c1-5-14(19)15-12-8-16(10(4)17)7-11(12)6-13(18)9(2)3/h5,9,11-12H,1,6-8H2,2-4H3,(H,15,19). The Kier molecular flexibility index (Phi) is 5.27. The van der Waals surface area contributed by atoms with Gasteiger partial charge in [0.25, 0.3) is 0 Å². The van der Waals surface area contributed by atoms with Crippen LogP contribution < -0.4 is 5.32 Å². The van der Waals surface area contributed by atoms with Gasteiger partial charge in [-0.15, -0.1) is 0 Å². The summed E-state index contributed by atoms with van der Waals surface area (Å²) in [5, 5.41) is 2.80. The van der Waals surface area contributed by atoms with E-state index in [0.29, 0.717) is 19.5 Å². The number of carbonyl (C=O) groups is 3. The quantitative estimate of drug-likeness (QED) is 0.747. The van der Waals surface area contributed by atoms with E-state index in [0.717, 1.165) is 0 Å². The Morgan fingerprint density at radius 3 is 2.47 bits per heavy atom. The number of likely N-dealkylation sites (tertiary alicyclic amines) is 1. The number of Topliss-reactive ketones (excluding diaryl/α,β-unsaturated/α-hetero) is 1. The third-order valence-electron chi connectivity index (χ3n) is 3.51. The normalized spacial score (nSPS) is 22.4. The van der Waals surface area contributed by atoms with Crippen molar-refractivity contribution in [1.29, 1.82) is 0 Å². The summed E-state index contributed by atoms with van der Waals surface area (Å²) < 4.78 is 0. The lowest BCUT2D eigenvalue weighted by atomic mass is 9.93. The van der Waals surface area contributed by atoms with Crippen LogP contribution in [-0.4, -0.2) is 41.6 Å². The lowest BCUT2D eigenvalue weighted by Gasteiger charge is -2.18. The fourth-order valence-electron chi connectivity index (χ4n) is 2.23. The van der Waals surface area contributed by atoms with Crippen molar-refractivity contribution < 1.29 is 14.4 Å². The highest BCUT2D eigenvalue weighted by Crippen LogP contribution is 2.22. The predicted molar refractivity (Wildman–Crippen MR) is 72.3 cm³/mol. The SMILES string of the molecule is C=CC(=O)NC1CN(C(C)=O)CC1CC(=O)C(C)C. The number of carbonyl (C=O) groups excluding carboxylic acids is 3. The van der Waals surface area contributed by atoms with Crippen LogP contribution in [0.15, 0.2) is 12.7 Å². The van der Waals surface area contributed by atoms with E-state index in [1.807, 2.05) is 13.8 Å². The van der Waals surface area contributed by atoms with Crippen LogP contribution in [-0.2, 0) is 14.4 Å². The number of nitrogens with zero attached hydrogens (tertiary/aromatic N) is 1. The van der Waals surface area contributed by atoms with Crippen LogP contribution in [0.1, 0.15) is 27.2 Å². The second-order valence-corrected chi connectivity index (χ2v) is 5.33. The summed E-state index contributed by atoms with van der Waals surface area (Å²) in [7, 11) is 0. The molecule has 0 saturated carbocycles. The van der Waals surface area contributed by atoms with Crippen LogP contribution in [0.4, 0.5) is 0 Å². The number of ketones is 1. The van der Waals surface area contributed by atoms with E-state index in [2.05, 4.69) is 11.9 Å². The fraction of sp³-hybridized carbons (Fsp3) is 0.643. The van der Waals surface area contributed by atoms with Crippen LogP contribution in [0.5, 0.6) is 0 Å². The Balaban J connectivity index is 2.72. The number of rotatable bonds is 5. The molecule has 1 saturated heterocycles. The summed E-state index contributed by atoms with van der Waals surface area (Å²) in [6.45, 7) is 9.61. The number of hydrogen-bond acceptors (Lipinski definition) is 3. The van der Waals surface area contributed by atoms with E-state index < -0.39 is 0 Å². The fourth-order valence-corrected chi connectivity index (χ4v) is 2.23. The minimum atomic E-state index is -0.266. The Labute approximate surface area is 114 Å². The molecule has 0 aromatic heterocycles. The summed E-state index contributed by atoms with van der Waals surface area (Å²) in [6, 6.07) is -0.169. The van der Waals surface area contributed by atoms with E-state index in [1.54, 1.807) is 4.90 Å². The summed E-state index contributed by atoms with van der Waals surface area (Å²) >= 11 is 0. The molecule has 0 aliphatic carbocycles. The van der Waals surface area contributed by atoms with Gasteiger partial charge in [0.15, 0.2) is 0 Å². The zero-order valence-electron chi connectivity index (χ0n) is 11.8. The van der Waals surface area contributed by atoms with Crippen molar-refractivity contribution in [3.63, 3.8) is 0 Å². The van der Waals surface area contributed by atoms with E-state index in [-0.39, 0.29) is 35.5 Å². The number of hydrogen-bond donors (Lipinski definition) is 1. The topological polar surface area (TPSA) is 66.5 Å². The lowest BCUT2D eigenvalue weighted by Crippen LogP contribution is -2.40. The molecule has 0 spiro atoms. The highest BCUT2D eigenvalue weighted by atomic mass is 16.2. The first-order valence-corrected chi connectivity index (χ1v) is 6.56. The van der Waals surface area contributed by atoms with Crippen molar-refractivity contribution in [1.82, 2.24) is 10.2 Å². The Hall–Kier alpha value is -1.65. The minimum Gasteiger partial charge on any atom is -0.348 e. The van der Waals surface area contributed by atoms with Crippen LogP contribution >= 0.6 is 0 Å². The van der Waals surface area contributed by atoms with Gasteiger partial charge in [-0.3, -0.25) is 14.4 Å². The maximum atomic E-state index is 11.8. The van der Waals surface area contributed by atoms with Gasteiger partial charge < -0.3 is 10.2 Å². The largest absolute Gasteiger partial charge is 0.348 e. The van der Waals surface area contributed by atoms with Crippen molar-refractivity contribution in [2.75, 3.05) is 13.1 Å². The maximum Gasteiger partial charge on any atom is 0.243 e. The lowest BCUT2D eigenvalue weighted by molar-refractivity contribution is -0.128. The van der Waals surface area contributed by atoms with Crippen molar-refractivity contribution in [2.24, 2.45) is 11.8 Å². The molecule has 0 radical (unpaired) electrons. The number of nitrogens with one attached hydrogen (secondary N) is 1. The molecule has 2 amide bonds. The molecular weight excluding hydrogens is 244 g/mol. The highest BCUT2D eigenvalue weighted by molar-refractivity contribution is 5.87. The molecule has 0 bridgehead atoms. The van der Waals surface area contributed by atoms with Crippen molar-refractivity contribution in [3.8, 4) is 0 Å². The molecule has 1 rings (SSSR count). The van der Waals surface area contributed by atoms with E-state index in [4.69, 9.17) is 0 Å². The van der Waals surface area contributed by atoms with E-state index in [9.17, 15) is 14.4 Å². The summed E-state index contributed by atoms with van der Waals surface area (Å²) in [4.78, 5) is 36.3. The molecule has 1 aliphatic rings. The first kappa shape index (κ1) is 15.4. The van der Waals surface area contributed by atoms with Crippen molar-refractivity contribution in [3.05, 3.63) is 12.7 Å². The Bertz CT molecular complexity index is 390. The Morgan fingerprint density at radius 1 is 1.37 bits per heavy atom. The van der Waals surface area contributed by atoms with Gasteiger partial charge in [0.2, 0.25) is 11.8 Å². The molecule has 1 aliphatic heterocycles. The Morgan fingerprint density at radius 2 is 2.00 bits per heavy atom. The minimum absolute atomic E-state index is 0.0114. The maximum absolute atomic E-state index is 11.8. The second kappa shape index (κ2) is 6.50. The van der Waals surface area contributed by atoms with Gasteiger partial charge in [-0.2, -0.15) is 0 Å². The third kappa shape index (κ3) is 4.19. The molecule has 1 N–H and O–H groups in total. The van der Waals surface area contributed by atoms with Gasteiger partial charge in [-0.1, -0.05) is 20.4 Å². The molecular formula is C14H22N2O3. The molecule has 2 atom stereocenters. The van der Waals surface area contributed by atoms with Crippen LogP contribution in [0.25, 0.3) is 0 Å². The van der Waals surface area contributed by atoms with Gasteiger partial charge in [0, 0.05) is 38.3 Å². The molecule has 1 fully saturated rings. The molecule has 2 unspecified atom stereocenters. The molecule has 5 nitrogen and oxygen atoms in total. The molecule has 5 heteroatoms. The first-order chi connectivity index (χ1) is 8.85. The molecule has 1 heterocycles. The zero-order valence-corrected chi connectivity index (χ0v) is 11.8. The zero-order chi connectivity index (χ0) is 14.6. The van der Waals surface area contributed by atoms with Crippen LogP contribution in [0, 0.1) is 11.8 Å². The van der Waals surface area contributed by atoms with Gasteiger partial charge in [0.05, 0.1) is 6.04 Å². The molecule has 0 aromatic rings. The third-order valence-corrected chi connectivity index (χ3v) is 3.51.